The molecule has 0 N–H and O–H groups in total. The van der Waals surface area contributed by atoms with E-state index in [2.05, 4.69) is 11.9 Å². The summed E-state index contributed by atoms with van der Waals surface area (Å²) in [5, 5.41) is -0.0536. The van der Waals surface area contributed by atoms with Gasteiger partial charge in [0.2, 0.25) is 0 Å². The summed E-state index contributed by atoms with van der Waals surface area (Å²) in [6.45, 7) is 4.73. The maximum absolute atomic E-state index is 11.1. The number of hydrogen-bond donors (Lipinski definition) is 0. The predicted octanol–water partition coefficient (Wildman–Crippen LogP) is 2.70. The molecule has 1 heterocycles. The largest absolute Gasteiger partial charge is 0.334 e. The average molecular weight is 265 g/mol. The van der Waals surface area contributed by atoms with Crippen LogP contribution in [0.25, 0.3) is 0 Å². The molecule has 0 amide bonds. The number of imidazole rings is 1. The summed E-state index contributed by atoms with van der Waals surface area (Å²) in [6.07, 6.45) is 6.08. The van der Waals surface area contributed by atoms with Crippen LogP contribution in [-0.2, 0) is 15.6 Å². The molecule has 1 rings (SSSR count). The molecule has 0 aromatic carbocycles. The van der Waals surface area contributed by atoms with E-state index in [1.54, 1.807) is 6.92 Å². The van der Waals surface area contributed by atoms with Crippen LogP contribution in [0.3, 0.4) is 0 Å². The average Bonchev–Trinajstić information content (AvgIpc) is 2.55. The van der Waals surface area contributed by atoms with E-state index in [4.69, 9.17) is 10.7 Å². The molecule has 1 aromatic rings. The Morgan fingerprint density at radius 3 is 2.56 bits per heavy atom. The summed E-state index contributed by atoms with van der Waals surface area (Å²) in [5.41, 5.74) is 0. The fraction of sp³-hybridized carbons (Fsp3) is 0.700. The number of unbranched alkanes of at least 4 members (excludes halogenated alkanes) is 3. The maximum atomic E-state index is 11.1. The van der Waals surface area contributed by atoms with Gasteiger partial charge < -0.3 is 4.57 Å². The zero-order valence-electron chi connectivity index (χ0n) is 9.61. The number of hydrogen-bond acceptors (Lipinski definition) is 3. The Kier molecular flexibility index (Phi) is 4.80. The minimum Gasteiger partial charge on any atom is -0.334 e. The number of nitrogens with zero attached hydrogens (tertiary/aromatic N) is 2. The topological polar surface area (TPSA) is 52.0 Å². The third-order valence-electron chi connectivity index (χ3n) is 2.46. The minimum absolute atomic E-state index is 0.0536. The van der Waals surface area contributed by atoms with Crippen molar-refractivity contribution in [2.45, 2.75) is 51.1 Å². The van der Waals surface area contributed by atoms with Crippen molar-refractivity contribution in [3.63, 3.8) is 0 Å². The highest BCUT2D eigenvalue weighted by Crippen LogP contribution is 2.14. The van der Waals surface area contributed by atoms with E-state index in [-0.39, 0.29) is 5.03 Å². The van der Waals surface area contributed by atoms with Crippen molar-refractivity contribution in [3.8, 4) is 0 Å². The van der Waals surface area contributed by atoms with Gasteiger partial charge in [0.15, 0.2) is 5.03 Å². The van der Waals surface area contributed by atoms with E-state index in [1.165, 1.54) is 19.0 Å². The molecular weight excluding hydrogens is 248 g/mol. The summed E-state index contributed by atoms with van der Waals surface area (Å²) in [7, 11) is 1.52. The first-order valence-corrected chi connectivity index (χ1v) is 7.74. The van der Waals surface area contributed by atoms with E-state index in [1.807, 2.05) is 4.57 Å². The van der Waals surface area contributed by atoms with Gasteiger partial charge in [0.25, 0.3) is 9.05 Å². The lowest BCUT2D eigenvalue weighted by atomic mass is 10.2. The van der Waals surface area contributed by atoms with E-state index < -0.39 is 9.05 Å². The third kappa shape index (κ3) is 3.79. The van der Waals surface area contributed by atoms with Gasteiger partial charge in [-0.15, -0.1) is 0 Å². The van der Waals surface area contributed by atoms with E-state index in [0.29, 0.717) is 5.82 Å². The Labute approximate surface area is 101 Å². The van der Waals surface area contributed by atoms with Crippen LogP contribution in [0.2, 0.25) is 0 Å². The number of halogens is 1. The van der Waals surface area contributed by atoms with Crippen LogP contribution in [0.1, 0.15) is 38.4 Å². The fourth-order valence-corrected chi connectivity index (χ4v) is 2.25. The van der Waals surface area contributed by atoms with Crippen molar-refractivity contribution in [2.24, 2.45) is 0 Å². The Bertz CT molecular complexity index is 440. The van der Waals surface area contributed by atoms with Gasteiger partial charge in [-0.3, -0.25) is 0 Å². The smallest absolute Gasteiger partial charge is 0.280 e. The molecule has 0 radical (unpaired) electrons. The fourth-order valence-electron chi connectivity index (χ4n) is 1.53. The molecule has 0 spiro atoms. The van der Waals surface area contributed by atoms with Crippen molar-refractivity contribution in [3.05, 3.63) is 12.0 Å². The monoisotopic (exact) mass is 264 g/mol. The molecule has 0 saturated heterocycles. The molecule has 92 valence electrons. The van der Waals surface area contributed by atoms with Crippen LogP contribution in [-0.4, -0.2) is 18.0 Å². The van der Waals surface area contributed by atoms with E-state index in [0.717, 1.165) is 19.4 Å². The first-order valence-electron chi connectivity index (χ1n) is 5.43. The molecule has 1 aromatic heterocycles. The molecule has 6 heteroatoms. The summed E-state index contributed by atoms with van der Waals surface area (Å²) < 4.78 is 24.0. The third-order valence-corrected chi connectivity index (χ3v) is 3.63. The first kappa shape index (κ1) is 13.5. The van der Waals surface area contributed by atoms with Crippen LogP contribution in [0, 0.1) is 6.92 Å². The van der Waals surface area contributed by atoms with Gasteiger partial charge in [0, 0.05) is 23.4 Å². The quantitative estimate of drug-likeness (QED) is 0.586. The van der Waals surface area contributed by atoms with Crippen LogP contribution in [0.4, 0.5) is 0 Å². The molecule has 0 aliphatic carbocycles. The molecule has 0 aliphatic rings. The van der Waals surface area contributed by atoms with Crippen molar-refractivity contribution in [2.75, 3.05) is 0 Å². The lowest BCUT2D eigenvalue weighted by Crippen LogP contribution is -1.98. The molecular formula is C10H17ClN2O2S. The molecule has 0 fully saturated rings. The lowest BCUT2D eigenvalue weighted by molar-refractivity contribution is 0.572. The number of rotatable bonds is 6. The molecule has 0 aliphatic heterocycles. The highest BCUT2D eigenvalue weighted by Gasteiger charge is 2.15. The Morgan fingerprint density at radius 2 is 2.06 bits per heavy atom. The van der Waals surface area contributed by atoms with Gasteiger partial charge in [0.05, 0.1) is 0 Å². The molecule has 0 atom stereocenters. The maximum Gasteiger partial charge on any atom is 0.280 e. The van der Waals surface area contributed by atoms with Crippen LogP contribution in [0.5, 0.6) is 0 Å². The van der Waals surface area contributed by atoms with E-state index >= 15 is 0 Å². The predicted molar refractivity (Wildman–Crippen MR) is 64.1 cm³/mol. The molecule has 0 unspecified atom stereocenters. The zero-order valence-corrected chi connectivity index (χ0v) is 11.2. The number of aromatic nitrogens is 2. The first-order chi connectivity index (χ1) is 7.45. The molecule has 0 bridgehead atoms. The molecule has 4 nitrogen and oxygen atoms in total. The standard InChI is InChI=1S/C10H17ClN2O2S/c1-3-4-5-6-7-13-8-10(12-9(13)2)16(11,14)15/h8H,3-7H2,1-2H3. The van der Waals surface area contributed by atoms with Crippen molar-refractivity contribution >= 4 is 19.7 Å². The van der Waals surface area contributed by atoms with Crippen molar-refractivity contribution < 1.29 is 8.42 Å². The molecule has 16 heavy (non-hydrogen) atoms. The van der Waals surface area contributed by atoms with Crippen LogP contribution < -0.4 is 0 Å². The van der Waals surface area contributed by atoms with Crippen molar-refractivity contribution in [1.29, 1.82) is 0 Å². The van der Waals surface area contributed by atoms with Gasteiger partial charge in [-0.05, 0) is 13.3 Å². The Morgan fingerprint density at radius 1 is 1.38 bits per heavy atom. The van der Waals surface area contributed by atoms with Gasteiger partial charge in [-0.25, -0.2) is 13.4 Å². The minimum atomic E-state index is -3.70. The Hall–Kier alpha value is -0.550. The summed E-state index contributed by atoms with van der Waals surface area (Å²) in [5.74, 6) is 0.690. The van der Waals surface area contributed by atoms with E-state index in [9.17, 15) is 8.42 Å². The normalized spacial score (nSPS) is 11.9. The highest BCUT2D eigenvalue weighted by molar-refractivity contribution is 8.13. The number of aryl methyl sites for hydroxylation is 2. The van der Waals surface area contributed by atoms with Gasteiger partial charge in [0.1, 0.15) is 5.82 Å². The second-order valence-electron chi connectivity index (χ2n) is 3.82. The van der Waals surface area contributed by atoms with Crippen molar-refractivity contribution in [1.82, 2.24) is 9.55 Å². The van der Waals surface area contributed by atoms with Gasteiger partial charge in [-0.2, -0.15) is 0 Å². The lowest BCUT2D eigenvalue weighted by Gasteiger charge is -2.03. The summed E-state index contributed by atoms with van der Waals surface area (Å²) in [4.78, 5) is 3.92. The van der Waals surface area contributed by atoms with Crippen LogP contribution in [0.15, 0.2) is 11.2 Å². The summed E-state index contributed by atoms with van der Waals surface area (Å²) >= 11 is 0. The van der Waals surface area contributed by atoms with Crippen LogP contribution >= 0.6 is 10.7 Å². The second kappa shape index (κ2) is 5.68. The molecule has 0 saturated carbocycles. The SMILES string of the molecule is CCCCCCn1cc(S(=O)(=O)Cl)nc1C. The summed E-state index contributed by atoms with van der Waals surface area (Å²) in [6, 6.07) is 0. The van der Waals surface area contributed by atoms with Gasteiger partial charge in [-0.1, -0.05) is 26.2 Å². The zero-order chi connectivity index (χ0) is 12.2. The Balaban J connectivity index is 2.64. The van der Waals surface area contributed by atoms with Gasteiger partial charge >= 0.3 is 0 Å². The highest BCUT2D eigenvalue weighted by atomic mass is 35.7. The second-order valence-corrected chi connectivity index (χ2v) is 6.33.